The fourth-order valence-electron chi connectivity index (χ4n) is 2.56. The maximum Gasteiger partial charge on any atom is 0.270 e. The number of amides is 1. The molecule has 1 aliphatic carbocycles. The first kappa shape index (κ1) is 14.7. The average molecular weight is 305 g/mol. The van der Waals surface area contributed by atoms with Gasteiger partial charge in [0.2, 0.25) is 0 Å². The zero-order valence-electron chi connectivity index (χ0n) is 10.8. The van der Waals surface area contributed by atoms with Crippen molar-refractivity contribution in [3.63, 3.8) is 0 Å². The van der Waals surface area contributed by atoms with Crippen LogP contribution in [0.2, 0.25) is 10.2 Å². The Morgan fingerprint density at radius 1 is 1.47 bits per heavy atom. The molecular formula is C13H18Cl2N2O2. The van der Waals surface area contributed by atoms with Crippen LogP contribution in [-0.4, -0.2) is 40.6 Å². The van der Waals surface area contributed by atoms with Crippen molar-refractivity contribution in [2.75, 3.05) is 13.6 Å². The third-order valence-corrected chi connectivity index (χ3v) is 4.37. The van der Waals surface area contributed by atoms with Crippen LogP contribution >= 0.6 is 23.2 Å². The molecule has 6 heteroatoms. The van der Waals surface area contributed by atoms with E-state index >= 15 is 0 Å². The van der Waals surface area contributed by atoms with Crippen LogP contribution in [0.4, 0.5) is 0 Å². The van der Waals surface area contributed by atoms with E-state index in [2.05, 4.69) is 4.98 Å². The first-order chi connectivity index (χ1) is 8.99. The van der Waals surface area contributed by atoms with Gasteiger partial charge in [0.1, 0.15) is 10.8 Å². The number of carbonyl (C=O) groups is 1. The van der Waals surface area contributed by atoms with Crippen LogP contribution in [0.25, 0.3) is 0 Å². The van der Waals surface area contributed by atoms with Crippen molar-refractivity contribution >= 4 is 29.1 Å². The maximum absolute atomic E-state index is 12.2. The number of aliphatic hydroxyl groups is 1. The molecule has 0 radical (unpaired) electrons. The maximum atomic E-state index is 12.2. The zero-order chi connectivity index (χ0) is 14.0. The van der Waals surface area contributed by atoms with Crippen molar-refractivity contribution in [3.8, 4) is 0 Å². The number of hydrogen-bond acceptors (Lipinski definition) is 2. The summed E-state index contributed by atoms with van der Waals surface area (Å²) in [7, 11) is 1.73. The molecule has 1 fully saturated rings. The highest BCUT2D eigenvalue weighted by Gasteiger charge is 2.26. The molecule has 0 aliphatic heterocycles. The predicted molar refractivity (Wildman–Crippen MR) is 75.7 cm³/mol. The Kier molecular flexibility index (Phi) is 4.76. The average Bonchev–Trinajstić information content (AvgIpc) is 2.71. The van der Waals surface area contributed by atoms with Crippen LogP contribution in [0, 0.1) is 5.92 Å². The standard InChI is InChI=1S/C13H18Cl2N2O2/c1-17(7-8-4-2-3-5-11(8)18)13(19)10-6-9(14)12(15)16-10/h6,8,11,16,18H,2-5,7H2,1H3. The third kappa shape index (κ3) is 3.44. The monoisotopic (exact) mass is 304 g/mol. The predicted octanol–water partition coefficient (Wildman–Crippen LogP) is 2.94. The van der Waals surface area contributed by atoms with Gasteiger partial charge in [0, 0.05) is 19.5 Å². The van der Waals surface area contributed by atoms with E-state index in [-0.39, 0.29) is 23.1 Å². The molecule has 19 heavy (non-hydrogen) atoms. The Hall–Kier alpha value is -0.710. The largest absolute Gasteiger partial charge is 0.393 e. The number of aliphatic hydroxyl groups excluding tert-OH is 1. The number of halogens is 2. The zero-order valence-corrected chi connectivity index (χ0v) is 12.3. The molecule has 0 aromatic carbocycles. The lowest BCUT2D eigenvalue weighted by Gasteiger charge is -2.31. The number of nitrogens with zero attached hydrogens (tertiary/aromatic N) is 1. The molecule has 1 amide bonds. The lowest BCUT2D eigenvalue weighted by molar-refractivity contribution is 0.0449. The molecule has 2 rings (SSSR count). The van der Waals surface area contributed by atoms with Gasteiger partial charge in [0.15, 0.2) is 0 Å². The van der Waals surface area contributed by atoms with Gasteiger partial charge in [0.05, 0.1) is 11.1 Å². The third-order valence-electron chi connectivity index (χ3n) is 3.68. The minimum atomic E-state index is -0.306. The molecule has 4 nitrogen and oxygen atoms in total. The highest BCUT2D eigenvalue weighted by atomic mass is 35.5. The summed E-state index contributed by atoms with van der Waals surface area (Å²) < 4.78 is 0. The number of hydrogen-bond donors (Lipinski definition) is 2. The highest BCUT2D eigenvalue weighted by molar-refractivity contribution is 6.41. The fraction of sp³-hybridized carbons (Fsp3) is 0.615. The number of aromatic nitrogens is 1. The van der Waals surface area contributed by atoms with Gasteiger partial charge in [-0.25, -0.2) is 0 Å². The quantitative estimate of drug-likeness (QED) is 0.902. The Balaban J connectivity index is 1.99. The van der Waals surface area contributed by atoms with Crippen LogP contribution < -0.4 is 0 Å². The van der Waals surface area contributed by atoms with E-state index in [1.807, 2.05) is 0 Å². The van der Waals surface area contributed by atoms with E-state index in [0.717, 1.165) is 25.7 Å². The van der Waals surface area contributed by atoms with E-state index < -0.39 is 0 Å². The Labute approximate surface area is 122 Å². The summed E-state index contributed by atoms with van der Waals surface area (Å²) in [5.41, 5.74) is 0.378. The summed E-state index contributed by atoms with van der Waals surface area (Å²) in [6.45, 7) is 0.550. The summed E-state index contributed by atoms with van der Waals surface area (Å²) in [6.07, 6.45) is 3.67. The normalized spacial score (nSPS) is 23.4. The second-order valence-electron chi connectivity index (χ2n) is 5.14. The first-order valence-electron chi connectivity index (χ1n) is 6.46. The molecule has 1 aromatic heterocycles. The minimum absolute atomic E-state index is 0.156. The van der Waals surface area contributed by atoms with E-state index in [0.29, 0.717) is 17.3 Å². The smallest absolute Gasteiger partial charge is 0.270 e. The molecule has 1 aromatic rings. The molecule has 0 spiro atoms. The van der Waals surface area contributed by atoms with Crippen molar-refractivity contribution in [2.45, 2.75) is 31.8 Å². The summed E-state index contributed by atoms with van der Waals surface area (Å²) in [4.78, 5) is 16.5. The lowest BCUT2D eigenvalue weighted by atomic mass is 9.86. The van der Waals surface area contributed by atoms with Gasteiger partial charge in [-0.3, -0.25) is 4.79 Å². The van der Waals surface area contributed by atoms with Gasteiger partial charge in [0.25, 0.3) is 5.91 Å². The van der Waals surface area contributed by atoms with Gasteiger partial charge in [-0.15, -0.1) is 0 Å². The molecule has 106 valence electrons. The molecule has 0 saturated heterocycles. The van der Waals surface area contributed by atoms with Gasteiger partial charge in [-0.2, -0.15) is 0 Å². The topological polar surface area (TPSA) is 56.3 Å². The van der Waals surface area contributed by atoms with Crippen LogP contribution in [0.5, 0.6) is 0 Å². The number of aromatic amines is 1. The van der Waals surface area contributed by atoms with E-state index in [9.17, 15) is 9.90 Å². The summed E-state index contributed by atoms with van der Waals surface area (Å²) in [5.74, 6) is -0.00446. The van der Waals surface area contributed by atoms with Gasteiger partial charge in [-0.05, 0) is 18.9 Å². The Morgan fingerprint density at radius 3 is 2.74 bits per heavy atom. The summed E-state index contributed by atoms with van der Waals surface area (Å²) in [6, 6.07) is 1.53. The van der Waals surface area contributed by atoms with Gasteiger partial charge < -0.3 is 15.0 Å². The van der Waals surface area contributed by atoms with E-state index in [4.69, 9.17) is 23.2 Å². The minimum Gasteiger partial charge on any atom is -0.393 e. The van der Waals surface area contributed by atoms with Crippen molar-refractivity contribution in [3.05, 3.63) is 21.9 Å². The van der Waals surface area contributed by atoms with Crippen molar-refractivity contribution in [1.82, 2.24) is 9.88 Å². The molecule has 0 bridgehead atoms. The molecule has 1 aliphatic rings. The number of carbonyl (C=O) groups excluding carboxylic acids is 1. The number of rotatable bonds is 3. The number of H-pyrrole nitrogens is 1. The Bertz CT molecular complexity index is 442. The summed E-state index contributed by atoms with van der Waals surface area (Å²) >= 11 is 11.6. The van der Waals surface area contributed by atoms with Gasteiger partial charge >= 0.3 is 0 Å². The van der Waals surface area contributed by atoms with Gasteiger partial charge in [-0.1, -0.05) is 36.0 Å². The second-order valence-corrected chi connectivity index (χ2v) is 5.93. The fourth-order valence-corrected chi connectivity index (χ4v) is 2.87. The molecule has 2 atom stereocenters. The van der Waals surface area contributed by atoms with Crippen molar-refractivity contribution in [2.24, 2.45) is 5.92 Å². The lowest BCUT2D eigenvalue weighted by Crippen LogP contribution is -2.38. The van der Waals surface area contributed by atoms with E-state index in [1.54, 1.807) is 11.9 Å². The van der Waals surface area contributed by atoms with E-state index in [1.165, 1.54) is 6.07 Å². The van der Waals surface area contributed by atoms with Crippen LogP contribution in [0.3, 0.4) is 0 Å². The second kappa shape index (κ2) is 6.16. The molecule has 2 unspecified atom stereocenters. The molecular weight excluding hydrogens is 287 g/mol. The van der Waals surface area contributed by atoms with Crippen LogP contribution in [0.1, 0.15) is 36.2 Å². The SMILES string of the molecule is CN(CC1CCCCC1O)C(=O)c1cc(Cl)c(Cl)[nH]1. The Morgan fingerprint density at radius 2 is 2.16 bits per heavy atom. The molecule has 1 heterocycles. The highest BCUT2D eigenvalue weighted by Crippen LogP contribution is 2.26. The summed E-state index contributed by atoms with van der Waals surface area (Å²) in [5, 5.41) is 10.5. The van der Waals surface area contributed by atoms with Crippen LogP contribution in [0.15, 0.2) is 6.07 Å². The van der Waals surface area contributed by atoms with Crippen LogP contribution in [-0.2, 0) is 0 Å². The van der Waals surface area contributed by atoms with Crippen molar-refractivity contribution in [1.29, 1.82) is 0 Å². The van der Waals surface area contributed by atoms with Crippen molar-refractivity contribution < 1.29 is 9.90 Å². The molecule has 2 N–H and O–H groups in total. The molecule has 1 saturated carbocycles. The number of nitrogens with one attached hydrogen (secondary N) is 1. The first-order valence-corrected chi connectivity index (χ1v) is 7.22.